The summed E-state index contributed by atoms with van der Waals surface area (Å²) in [5, 5.41) is 0. The molecule has 0 bridgehead atoms. The Kier molecular flexibility index (Phi) is 3.99. The molecule has 102 valence electrons. The number of hydrogen-bond donors (Lipinski definition) is 0. The fraction of sp³-hybridized carbons (Fsp3) is 0.176. The van der Waals surface area contributed by atoms with Crippen molar-refractivity contribution in [3.8, 4) is 0 Å². The summed E-state index contributed by atoms with van der Waals surface area (Å²) >= 11 is 0. The summed E-state index contributed by atoms with van der Waals surface area (Å²) < 4.78 is 0. The first-order chi connectivity index (χ1) is 9.56. The minimum Gasteiger partial charge on any atom is -0.311 e. The summed E-state index contributed by atoms with van der Waals surface area (Å²) in [5.41, 5.74) is 3.38. The number of carbonyl (C=O) groups excluding carboxylic acids is 2. The van der Waals surface area contributed by atoms with Gasteiger partial charge in [0.25, 0.3) is 5.91 Å². The number of rotatable bonds is 3. The van der Waals surface area contributed by atoms with Crippen molar-refractivity contribution in [3.05, 3.63) is 64.7 Å². The predicted molar refractivity (Wildman–Crippen MR) is 80.5 cm³/mol. The second-order valence-corrected chi connectivity index (χ2v) is 4.81. The Bertz CT molecular complexity index is 648. The first-order valence-corrected chi connectivity index (χ1v) is 6.44. The molecule has 0 unspecified atom stereocenters. The Labute approximate surface area is 118 Å². The van der Waals surface area contributed by atoms with Crippen LogP contribution in [0.3, 0.4) is 0 Å². The van der Waals surface area contributed by atoms with Crippen molar-refractivity contribution in [1.29, 1.82) is 0 Å². The number of amides is 1. The normalized spacial score (nSPS) is 10.2. The average Bonchev–Trinajstić information content (AvgIpc) is 2.48. The van der Waals surface area contributed by atoms with Crippen molar-refractivity contribution in [2.45, 2.75) is 13.8 Å². The smallest absolute Gasteiger partial charge is 0.259 e. The molecule has 0 aliphatic carbocycles. The fourth-order valence-corrected chi connectivity index (χ4v) is 2.21. The minimum atomic E-state index is -0.167. The minimum absolute atomic E-state index is 0.167. The number of nitrogens with zero attached hydrogens (tertiary/aromatic N) is 1. The molecule has 1 amide bonds. The highest BCUT2D eigenvalue weighted by molar-refractivity contribution is 6.11. The van der Waals surface area contributed by atoms with E-state index in [4.69, 9.17) is 0 Å². The van der Waals surface area contributed by atoms with Gasteiger partial charge in [0.05, 0.1) is 5.56 Å². The van der Waals surface area contributed by atoms with E-state index in [1.807, 2.05) is 56.3 Å². The van der Waals surface area contributed by atoms with E-state index in [9.17, 15) is 9.59 Å². The van der Waals surface area contributed by atoms with Gasteiger partial charge in [-0.05, 0) is 37.1 Å². The molecule has 0 fully saturated rings. The summed E-state index contributed by atoms with van der Waals surface area (Å²) in [6.07, 6.45) is 0.758. The molecule has 0 aromatic heterocycles. The molecule has 0 heterocycles. The molecule has 0 saturated heterocycles. The zero-order chi connectivity index (χ0) is 14.7. The van der Waals surface area contributed by atoms with Crippen LogP contribution in [0.25, 0.3) is 0 Å². The molecule has 20 heavy (non-hydrogen) atoms. The van der Waals surface area contributed by atoms with Crippen LogP contribution in [0.15, 0.2) is 42.5 Å². The van der Waals surface area contributed by atoms with Crippen LogP contribution in [-0.4, -0.2) is 19.2 Å². The van der Waals surface area contributed by atoms with Crippen LogP contribution in [-0.2, 0) is 0 Å². The SMILES string of the molecule is Cc1ccc(C)c(C(=O)N(C)c2ccccc2)c1C=O. The highest BCUT2D eigenvalue weighted by atomic mass is 16.2. The van der Waals surface area contributed by atoms with Crippen LogP contribution >= 0.6 is 0 Å². The zero-order valence-electron chi connectivity index (χ0n) is 11.9. The summed E-state index contributed by atoms with van der Waals surface area (Å²) in [6.45, 7) is 3.68. The number of anilines is 1. The zero-order valence-corrected chi connectivity index (χ0v) is 11.9. The molecule has 0 aliphatic rings. The van der Waals surface area contributed by atoms with Gasteiger partial charge in [0, 0.05) is 18.3 Å². The van der Waals surface area contributed by atoms with E-state index in [0.717, 1.165) is 23.1 Å². The van der Waals surface area contributed by atoms with E-state index in [2.05, 4.69) is 0 Å². The largest absolute Gasteiger partial charge is 0.311 e. The van der Waals surface area contributed by atoms with Crippen molar-refractivity contribution in [2.75, 3.05) is 11.9 Å². The molecule has 3 nitrogen and oxygen atoms in total. The molecule has 0 atom stereocenters. The summed E-state index contributed by atoms with van der Waals surface area (Å²) in [4.78, 5) is 25.5. The number of hydrogen-bond acceptors (Lipinski definition) is 2. The fourth-order valence-electron chi connectivity index (χ4n) is 2.21. The summed E-state index contributed by atoms with van der Waals surface area (Å²) in [6, 6.07) is 13.1. The predicted octanol–water partition coefficient (Wildman–Crippen LogP) is 3.39. The lowest BCUT2D eigenvalue weighted by atomic mass is 9.97. The Morgan fingerprint density at radius 3 is 2.20 bits per heavy atom. The monoisotopic (exact) mass is 267 g/mol. The molecule has 2 aromatic rings. The topological polar surface area (TPSA) is 37.4 Å². The molecule has 0 saturated carbocycles. The van der Waals surface area contributed by atoms with Crippen LogP contribution in [0.1, 0.15) is 31.8 Å². The average molecular weight is 267 g/mol. The molecular weight excluding hydrogens is 250 g/mol. The van der Waals surface area contributed by atoms with Crippen molar-refractivity contribution in [1.82, 2.24) is 0 Å². The molecule has 3 heteroatoms. The molecular formula is C17H17NO2. The van der Waals surface area contributed by atoms with Gasteiger partial charge in [0.15, 0.2) is 6.29 Å². The number of aldehydes is 1. The standard InChI is InChI=1S/C17H17NO2/c1-12-9-10-13(2)16(15(12)11-19)17(20)18(3)14-7-5-4-6-8-14/h4-11H,1-3H3. The third kappa shape index (κ3) is 2.48. The Morgan fingerprint density at radius 2 is 1.60 bits per heavy atom. The Balaban J connectivity index is 2.49. The first-order valence-electron chi connectivity index (χ1n) is 6.44. The maximum absolute atomic E-state index is 12.7. The maximum Gasteiger partial charge on any atom is 0.259 e. The van der Waals surface area contributed by atoms with E-state index in [1.54, 1.807) is 11.9 Å². The molecule has 2 aromatic carbocycles. The summed E-state index contributed by atoms with van der Waals surface area (Å²) in [7, 11) is 1.72. The van der Waals surface area contributed by atoms with E-state index >= 15 is 0 Å². The Hall–Kier alpha value is -2.42. The van der Waals surface area contributed by atoms with Gasteiger partial charge in [-0.1, -0.05) is 30.3 Å². The summed E-state index contributed by atoms with van der Waals surface area (Å²) in [5.74, 6) is -0.167. The van der Waals surface area contributed by atoms with Crippen molar-refractivity contribution < 1.29 is 9.59 Å². The number of benzene rings is 2. The maximum atomic E-state index is 12.7. The van der Waals surface area contributed by atoms with Crippen LogP contribution in [0.5, 0.6) is 0 Å². The van der Waals surface area contributed by atoms with Crippen molar-refractivity contribution in [2.24, 2.45) is 0 Å². The highest BCUT2D eigenvalue weighted by Crippen LogP contribution is 2.21. The molecule has 0 radical (unpaired) electrons. The lowest BCUT2D eigenvalue weighted by Crippen LogP contribution is -2.28. The number of para-hydroxylation sites is 1. The molecule has 2 rings (SSSR count). The van der Waals surface area contributed by atoms with Gasteiger partial charge in [-0.3, -0.25) is 9.59 Å². The van der Waals surface area contributed by atoms with Gasteiger partial charge in [-0.2, -0.15) is 0 Å². The third-order valence-corrected chi connectivity index (χ3v) is 3.45. The second-order valence-electron chi connectivity index (χ2n) is 4.81. The van der Waals surface area contributed by atoms with Crippen LogP contribution in [0.2, 0.25) is 0 Å². The van der Waals surface area contributed by atoms with Gasteiger partial charge in [0.1, 0.15) is 0 Å². The van der Waals surface area contributed by atoms with Crippen LogP contribution in [0, 0.1) is 13.8 Å². The lowest BCUT2D eigenvalue weighted by Gasteiger charge is -2.20. The number of aryl methyl sites for hydroxylation is 2. The van der Waals surface area contributed by atoms with Gasteiger partial charge < -0.3 is 4.90 Å². The molecule has 0 spiro atoms. The quantitative estimate of drug-likeness (QED) is 0.799. The van der Waals surface area contributed by atoms with Gasteiger partial charge in [-0.25, -0.2) is 0 Å². The van der Waals surface area contributed by atoms with Crippen LogP contribution < -0.4 is 4.90 Å². The van der Waals surface area contributed by atoms with E-state index in [-0.39, 0.29) is 5.91 Å². The van der Waals surface area contributed by atoms with E-state index in [0.29, 0.717) is 11.1 Å². The van der Waals surface area contributed by atoms with Gasteiger partial charge in [0.2, 0.25) is 0 Å². The van der Waals surface area contributed by atoms with E-state index < -0.39 is 0 Å². The van der Waals surface area contributed by atoms with Gasteiger partial charge in [-0.15, -0.1) is 0 Å². The Morgan fingerprint density at radius 1 is 1.00 bits per heavy atom. The second kappa shape index (κ2) is 5.70. The lowest BCUT2D eigenvalue weighted by molar-refractivity contribution is 0.0985. The highest BCUT2D eigenvalue weighted by Gasteiger charge is 2.20. The van der Waals surface area contributed by atoms with E-state index in [1.165, 1.54) is 0 Å². The van der Waals surface area contributed by atoms with Crippen LogP contribution in [0.4, 0.5) is 5.69 Å². The first kappa shape index (κ1) is 14.0. The van der Waals surface area contributed by atoms with Crippen molar-refractivity contribution >= 4 is 17.9 Å². The van der Waals surface area contributed by atoms with Gasteiger partial charge >= 0.3 is 0 Å². The van der Waals surface area contributed by atoms with Crippen molar-refractivity contribution in [3.63, 3.8) is 0 Å². The molecule has 0 aliphatic heterocycles. The molecule has 0 N–H and O–H groups in total. The number of carbonyl (C=O) groups is 2. The third-order valence-electron chi connectivity index (χ3n) is 3.45.